The third-order valence-corrected chi connectivity index (χ3v) is 6.08. The number of amides is 1. The van der Waals surface area contributed by atoms with Gasteiger partial charge in [-0.2, -0.15) is 4.31 Å². The molecule has 1 aliphatic heterocycles. The molecule has 0 spiro atoms. The lowest BCUT2D eigenvalue weighted by molar-refractivity contribution is -0.127. The van der Waals surface area contributed by atoms with Crippen molar-refractivity contribution in [3.05, 3.63) is 66.0 Å². The predicted molar refractivity (Wildman–Crippen MR) is 95.0 cm³/mol. The number of sulfonamides is 1. The van der Waals surface area contributed by atoms with Gasteiger partial charge in [-0.05, 0) is 35.9 Å². The van der Waals surface area contributed by atoms with Crippen LogP contribution in [-0.2, 0) is 14.8 Å². The number of hydrogen-bond acceptors (Lipinski definition) is 4. The number of pyridine rings is 1. The van der Waals surface area contributed by atoms with E-state index in [0.29, 0.717) is 6.07 Å². The van der Waals surface area contributed by atoms with E-state index in [0.717, 1.165) is 22.0 Å². The molecule has 1 amide bonds. The Labute approximate surface area is 155 Å². The zero-order chi connectivity index (χ0) is 19.4. The molecule has 0 saturated carbocycles. The number of piperazine rings is 1. The highest BCUT2D eigenvalue weighted by molar-refractivity contribution is 7.89. The Hall–Kier alpha value is -2.65. The van der Waals surface area contributed by atoms with Gasteiger partial charge in [0.25, 0.3) is 0 Å². The Kier molecular flexibility index (Phi) is 5.62. The van der Waals surface area contributed by atoms with E-state index in [-0.39, 0.29) is 37.0 Å². The van der Waals surface area contributed by atoms with E-state index in [1.165, 1.54) is 11.0 Å². The van der Waals surface area contributed by atoms with Crippen molar-refractivity contribution in [1.82, 2.24) is 14.2 Å². The molecular formula is C18H17F2N3O3S. The molecule has 2 heterocycles. The van der Waals surface area contributed by atoms with Gasteiger partial charge in [0.15, 0.2) is 11.6 Å². The van der Waals surface area contributed by atoms with Gasteiger partial charge in [0, 0.05) is 44.6 Å². The molecule has 2 aromatic rings. The highest BCUT2D eigenvalue weighted by Gasteiger charge is 2.30. The fourth-order valence-corrected chi connectivity index (χ4v) is 4.12. The second-order valence-electron chi connectivity index (χ2n) is 5.92. The minimum absolute atomic E-state index is 0.0772. The Balaban J connectivity index is 1.63. The van der Waals surface area contributed by atoms with Gasteiger partial charge in [-0.15, -0.1) is 0 Å². The fourth-order valence-electron chi connectivity index (χ4n) is 2.68. The maximum Gasteiger partial charge on any atom is 0.246 e. The number of rotatable bonds is 4. The SMILES string of the molecule is O=C(/C=C/c1cccnc1)N1CCN(S(=O)(=O)c2ccc(F)c(F)c2)CC1. The Bertz CT molecular complexity index is 957. The molecule has 6 nitrogen and oxygen atoms in total. The molecule has 142 valence electrons. The van der Waals surface area contributed by atoms with Gasteiger partial charge in [0.05, 0.1) is 4.90 Å². The van der Waals surface area contributed by atoms with Crippen LogP contribution in [0.1, 0.15) is 5.56 Å². The lowest BCUT2D eigenvalue weighted by atomic mass is 10.2. The van der Waals surface area contributed by atoms with Crippen LogP contribution in [0.25, 0.3) is 6.08 Å². The Morgan fingerprint density at radius 1 is 1.07 bits per heavy atom. The number of aromatic nitrogens is 1. The van der Waals surface area contributed by atoms with Crippen molar-refractivity contribution in [2.45, 2.75) is 4.90 Å². The van der Waals surface area contributed by atoms with Crippen LogP contribution < -0.4 is 0 Å². The van der Waals surface area contributed by atoms with Crippen LogP contribution in [0.5, 0.6) is 0 Å². The maximum absolute atomic E-state index is 13.3. The highest BCUT2D eigenvalue weighted by Crippen LogP contribution is 2.20. The summed E-state index contributed by atoms with van der Waals surface area (Å²) in [6.45, 7) is 0.569. The minimum Gasteiger partial charge on any atom is -0.337 e. The van der Waals surface area contributed by atoms with E-state index in [1.54, 1.807) is 24.5 Å². The summed E-state index contributed by atoms with van der Waals surface area (Å²) in [6.07, 6.45) is 6.30. The van der Waals surface area contributed by atoms with E-state index in [2.05, 4.69) is 4.98 Å². The first-order valence-electron chi connectivity index (χ1n) is 8.20. The van der Waals surface area contributed by atoms with Gasteiger partial charge in [0.2, 0.25) is 15.9 Å². The van der Waals surface area contributed by atoms with Crippen LogP contribution in [0, 0.1) is 11.6 Å². The highest BCUT2D eigenvalue weighted by atomic mass is 32.2. The quantitative estimate of drug-likeness (QED) is 0.744. The zero-order valence-electron chi connectivity index (χ0n) is 14.3. The van der Waals surface area contributed by atoms with Gasteiger partial charge < -0.3 is 4.90 Å². The van der Waals surface area contributed by atoms with E-state index in [1.807, 2.05) is 6.07 Å². The minimum atomic E-state index is -3.94. The summed E-state index contributed by atoms with van der Waals surface area (Å²) in [5, 5.41) is 0. The van der Waals surface area contributed by atoms with Crippen LogP contribution in [-0.4, -0.2) is 54.7 Å². The van der Waals surface area contributed by atoms with Gasteiger partial charge in [-0.3, -0.25) is 9.78 Å². The van der Waals surface area contributed by atoms with Crippen LogP contribution in [0.2, 0.25) is 0 Å². The molecule has 1 aromatic carbocycles. The largest absolute Gasteiger partial charge is 0.337 e. The van der Waals surface area contributed by atoms with Gasteiger partial charge in [-0.1, -0.05) is 6.07 Å². The third-order valence-electron chi connectivity index (χ3n) is 4.18. The van der Waals surface area contributed by atoms with Crippen molar-refractivity contribution in [2.75, 3.05) is 26.2 Å². The second-order valence-corrected chi connectivity index (χ2v) is 7.86. The van der Waals surface area contributed by atoms with E-state index in [9.17, 15) is 22.0 Å². The molecule has 1 saturated heterocycles. The second kappa shape index (κ2) is 7.93. The fraction of sp³-hybridized carbons (Fsp3) is 0.222. The van der Waals surface area contributed by atoms with Crippen molar-refractivity contribution in [3.8, 4) is 0 Å². The van der Waals surface area contributed by atoms with Gasteiger partial charge in [0.1, 0.15) is 0 Å². The maximum atomic E-state index is 13.3. The molecule has 27 heavy (non-hydrogen) atoms. The average Bonchev–Trinajstić information content (AvgIpc) is 2.69. The summed E-state index contributed by atoms with van der Waals surface area (Å²) in [5.74, 6) is -2.56. The van der Waals surface area contributed by atoms with Gasteiger partial charge in [-0.25, -0.2) is 17.2 Å². The first-order chi connectivity index (χ1) is 12.9. The molecule has 1 fully saturated rings. The summed E-state index contributed by atoms with van der Waals surface area (Å²) in [5.41, 5.74) is 0.783. The number of carbonyl (C=O) groups is 1. The number of nitrogens with zero attached hydrogens (tertiary/aromatic N) is 3. The predicted octanol–water partition coefficient (Wildman–Crippen LogP) is 1.91. The number of halogens is 2. The standard InChI is InChI=1S/C18H17F2N3O3S/c19-16-5-4-15(12-17(16)20)27(25,26)23-10-8-22(9-11-23)18(24)6-3-14-2-1-7-21-13-14/h1-7,12-13H,8-11H2/b6-3+. The number of carbonyl (C=O) groups excluding carboxylic acids is 1. The van der Waals surface area contributed by atoms with Crippen molar-refractivity contribution in [3.63, 3.8) is 0 Å². The van der Waals surface area contributed by atoms with Crippen molar-refractivity contribution in [1.29, 1.82) is 0 Å². The monoisotopic (exact) mass is 393 g/mol. The summed E-state index contributed by atoms with van der Waals surface area (Å²) in [7, 11) is -3.94. The molecule has 0 bridgehead atoms. The van der Waals surface area contributed by atoms with E-state index >= 15 is 0 Å². The molecule has 3 rings (SSSR count). The molecular weight excluding hydrogens is 376 g/mol. The molecule has 9 heteroatoms. The summed E-state index contributed by atoms with van der Waals surface area (Å²) < 4.78 is 52.6. The molecule has 0 unspecified atom stereocenters. The average molecular weight is 393 g/mol. The summed E-state index contributed by atoms with van der Waals surface area (Å²) in [6, 6.07) is 6.04. The number of benzene rings is 1. The Morgan fingerprint density at radius 3 is 2.44 bits per heavy atom. The molecule has 0 N–H and O–H groups in total. The van der Waals surface area contributed by atoms with Crippen LogP contribution in [0.15, 0.2) is 53.7 Å². The summed E-state index contributed by atoms with van der Waals surface area (Å²) >= 11 is 0. The molecule has 0 aliphatic carbocycles. The smallest absolute Gasteiger partial charge is 0.246 e. The van der Waals surface area contributed by atoms with Crippen LogP contribution in [0.3, 0.4) is 0 Å². The molecule has 1 aliphatic rings. The number of hydrogen-bond donors (Lipinski definition) is 0. The lowest BCUT2D eigenvalue weighted by Crippen LogP contribution is -2.50. The van der Waals surface area contributed by atoms with Crippen molar-refractivity contribution >= 4 is 22.0 Å². The first kappa shape index (κ1) is 19.1. The normalized spacial score (nSPS) is 16.0. The van der Waals surface area contributed by atoms with Crippen molar-refractivity contribution in [2.24, 2.45) is 0 Å². The van der Waals surface area contributed by atoms with Crippen molar-refractivity contribution < 1.29 is 22.0 Å². The topological polar surface area (TPSA) is 70.6 Å². The third kappa shape index (κ3) is 4.37. The van der Waals surface area contributed by atoms with Crippen LogP contribution in [0.4, 0.5) is 8.78 Å². The van der Waals surface area contributed by atoms with Gasteiger partial charge >= 0.3 is 0 Å². The molecule has 0 atom stereocenters. The van der Waals surface area contributed by atoms with E-state index < -0.39 is 21.7 Å². The molecule has 1 aromatic heterocycles. The first-order valence-corrected chi connectivity index (χ1v) is 9.64. The lowest BCUT2D eigenvalue weighted by Gasteiger charge is -2.33. The Morgan fingerprint density at radius 2 is 1.81 bits per heavy atom. The molecule has 0 radical (unpaired) electrons. The zero-order valence-corrected chi connectivity index (χ0v) is 15.1. The van der Waals surface area contributed by atoms with Crippen LogP contribution >= 0.6 is 0 Å². The van der Waals surface area contributed by atoms with E-state index in [4.69, 9.17) is 0 Å². The summed E-state index contributed by atoms with van der Waals surface area (Å²) in [4.78, 5) is 17.4.